The highest BCUT2D eigenvalue weighted by Crippen LogP contribution is 2.23. The van der Waals surface area contributed by atoms with Gasteiger partial charge in [0.05, 0.1) is 19.9 Å². The predicted octanol–water partition coefficient (Wildman–Crippen LogP) is 2.81. The van der Waals surface area contributed by atoms with E-state index in [-0.39, 0.29) is 0 Å². The van der Waals surface area contributed by atoms with E-state index in [9.17, 15) is 0 Å². The monoisotopic (exact) mass is 323 g/mol. The van der Waals surface area contributed by atoms with Crippen molar-refractivity contribution in [2.24, 2.45) is 0 Å². The second-order valence-electron chi connectivity index (χ2n) is 4.28. The van der Waals surface area contributed by atoms with Crippen LogP contribution in [0.3, 0.4) is 0 Å². The number of ether oxygens (including phenoxy) is 1. The topological polar surface area (TPSA) is 39.1 Å². The Morgan fingerprint density at radius 1 is 1.42 bits per heavy atom. The van der Waals surface area contributed by atoms with Crippen molar-refractivity contribution in [3.63, 3.8) is 0 Å². The largest absolute Gasteiger partial charge is 0.496 e. The second-order valence-corrected chi connectivity index (χ2v) is 5.20. The van der Waals surface area contributed by atoms with E-state index >= 15 is 0 Å². The third kappa shape index (κ3) is 3.81. The summed E-state index contributed by atoms with van der Waals surface area (Å²) >= 11 is 3.48. The molecule has 1 heterocycles. The third-order valence-electron chi connectivity index (χ3n) is 2.84. The Morgan fingerprint density at radius 3 is 3.00 bits per heavy atom. The molecule has 0 unspecified atom stereocenters. The molecule has 0 saturated heterocycles. The molecule has 19 heavy (non-hydrogen) atoms. The Bertz CT molecular complexity index is 539. The van der Waals surface area contributed by atoms with Gasteiger partial charge < -0.3 is 10.1 Å². The summed E-state index contributed by atoms with van der Waals surface area (Å²) in [5, 5.41) is 7.66. The van der Waals surface area contributed by atoms with Gasteiger partial charge in [-0.2, -0.15) is 5.10 Å². The minimum absolute atomic E-state index is 0.703. The fourth-order valence-electron chi connectivity index (χ4n) is 1.90. The smallest absolute Gasteiger partial charge is 0.124 e. The summed E-state index contributed by atoms with van der Waals surface area (Å²) in [6.07, 6.45) is 3.95. The van der Waals surface area contributed by atoms with Gasteiger partial charge in [-0.1, -0.05) is 22.9 Å². The van der Waals surface area contributed by atoms with Crippen molar-refractivity contribution in [3.8, 4) is 5.75 Å². The van der Waals surface area contributed by atoms with Crippen LogP contribution >= 0.6 is 15.9 Å². The summed E-state index contributed by atoms with van der Waals surface area (Å²) < 4.78 is 8.34. The molecule has 0 radical (unpaired) electrons. The van der Waals surface area contributed by atoms with Crippen molar-refractivity contribution >= 4 is 15.9 Å². The first-order valence-corrected chi connectivity index (χ1v) is 7.06. The Hall–Kier alpha value is -1.33. The number of rotatable bonds is 6. The number of methoxy groups -OCH3 is 1. The van der Waals surface area contributed by atoms with Crippen LogP contribution in [0.15, 0.2) is 35.1 Å². The van der Waals surface area contributed by atoms with Crippen LogP contribution in [-0.2, 0) is 13.1 Å². The molecule has 0 saturated carbocycles. The summed E-state index contributed by atoms with van der Waals surface area (Å²) in [6.45, 7) is 4.61. The molecule has 0 aliphatic heterocycles. The minimum Gasteiger partial charge on any atom is -0.496 e. The maximum absolute atomic E-state index is 5.37. The van der Waals surface area contributed by atoms with Gasteiger partial charge in [0.1, 0.15) is 5.75 Å². The average Bonchev–Trinajstić information content (AvgIpc) is 2.84. The fraction of sp³-hybridized carbons (Fsp3) is 0.357. The van der Waals surface area contributed by atoms with Crippen LogP contribution in [0.1, 0.15) is 18.1 Å². The quantitative estimate of drug-likeness (QED) is 0.888. The van der Waals surface area contributed by atoms with E-state index in [0.717, 1.165) is 28.9 Å². The van der Waals surface area contributed by atoms with Gasteiger partial charge in [-0.25, -0.2) is 0 Å². The normalized spacial score (nSPS) is 10.7. The summed E-state index contributed by atoms with van der Waals surface area (Å²) in [5.74, 6) is 0.881. The van der Waals surface area contributed by atoms with E-state index in [1.807, 2.05) is 23.0 Å². The SMILES string of the molecule is CCNCc1cnn(Cc2cc(Br)ccc2OC)c1. The number of nitrogens with zero attached hydrogens (tertiary/aromatic N) is 2. The van der Waals surface area contributed by atoms with Crippen LogP contribution < -0.4 is 10.1 Å². The lowest BCUT2D eigenvalue weighted by atomic mass is 10.2. The molecule has 2 rings (SSSR count). The van der Waals surface area contributed by atoms with Crippen molar-refractivity contribution in [2.45, 2.75) is 20.0 Å². The van der Waals surface area contributed by atoms with Crippen molar-refractivity contribution < 1.29 is 4.74 Å². The average molecular weight is 324 g/mol. The number of halogens is 1. The zero-order valence-corrected chi connectivity index (χ0v) is 12.8. The molecular formula is C14H18BrN3O. The van der Waals surface area contributed by atoms with E-state index in [2.05, 4.69) is 45.5 Å². The Morgan fingerprint density at radius 2 is 2.26 bits per heavy atom. The molecule has 102 valence electrons. The summed E-state index contributed by atoms with van der Waals surface area (Å²) in [5.41, 5.74) is 2.30. The summed E-state index contributed by atoms with van der Waals surface area (Å²) in [6, 6.07) is 6.00. The molecule has 0 amide bonds. The van der Waals surface area contributed by atoms with Crippen LogP contribution in [0.5, 0.6) is 5.75 Å². The van der Waals surface area contributed by atoms with Crippen LogP contribution in [0.2, 0.25) is 0 Å². The van der Waals surface area contributed by atoms with E-state index in [1.165, 1.54) is 5.56 Å². The zero-order chi connectivity index (χ0) is 13.7. The first-order chi connectivity index (χ1) is 9.22. The second kappa shape index (κ2) is 6.73. The van der Waals surface area contributed by atoms with Crippen molar-refractivity contribution in [2.75, 3.05) is 13.7 Å². The molecule has 0 spiro atoms. The molecule has 2 aromatic rings. The van der Waals surface area contributed by atoms with Gasteiger partial charge in [-0.3, -0.25) is 4.68 Å². The van der Waals surface area contributed by atoms with Gasteiger partial charge in [0.2, 0.25) is 0 Å². The van der Waals surface area contributed by atoms with E-state index < -0.39 is 0 Å². The molecule has 4 nitrogen and oxygen atoms in total. The number of aromatic nitrogens is 2. The van der Waals surface area contributed by atoms with Gasteiger partial charge in [0, 0.05) is 28.3 Å². The lowest BCUT2D eigenvalue weighted by Crippen LogP contribution is -2.11. The van der Waals surface area contributed by atoms with E-state index in [0.29, 0.717) is 6.54 Å². The third-order valence-corrected chi connectivity index (χ3v) is 3.33. The number of benzene rings is 1. The van der Waals surface area contributed by atoms with Crippen LogP contribution in [0.25, 0.3) is 0 Å². The molecule has 0 atom stereocenters. The van der Waals surface area contributed by atoms with Crippen molar-refractivity contribution in [3.05, 3.63) is 46.2 Å². The number of nitrogens with one attached hydrogen (secondary N) is 1. The van der Waals surface area contributed by atoms with Crippen LogP contribution in [0.4, 0.5) is 0 Å². The molecule has 0 aliphatic rings. The van der Waals surface area contributed by atoms with Crippen molar-refractivity contribution in [1.29, 1.82) is 0 Å². The summed E-state index contributed by atoms with van der Waals surface area (Å²) in [7, 11) is 1.69. The van der Waals surface area contributed by atoms with Gasteiger partial charge in [0.25, 0.3) is 0 Å². The van der Waals surface area contributed by atoms with Gasteiger partial charge >= 0.3 is 0 Å². The maximum atomic E-state index is 5.37. The van der Waals surface area contributed by atoms with Gasteiger partial charge in [-0.05, 0) is 24.7 Å². The molecule has 0 bridgehead atoms. The van der Waals surface area contributed by atoms with Crippen LogP contribution in [-0.4, -0.2) is 23.4 Å². The molecule has 1 N–H and O–H groups in total. The van der Waals surface area contributed by atoms with Crippen LogP contribution in [0, 0.1) is 0 Å². The zero-order valence-electron chi connectivity index (χ0n) is 11.2. The standard InChI is InChI=1S/C14H18BrN3O/c1-3-16-7-11-8-17-18(9-11)10-12-6-13(15)4-5-14(12)19-2/h4-6,8-9,16H,3,7,10H2,1-2H3. The highest BCUT2D eigenvalue weighted by molar-refractivity contribution is 9.10. The molecule has 1 aromatic heterocycles. The Balaban J connectivity index is 2.12. The molecular weight excluding hydrogens is 306 g/mol. The molecule has 0 fully saturated rings. The highest BCUT2D eigenvalue weighted by Gasteiger charge is 2.06. The number of hydrogen-bond donors (Lipinski definition) is 1. The highest BCUT2D eigenvalue weighted by atomic mass is 79.9. The first kappa shape index (κ1) is 14.1. The maximum Gasteiger partial charge on any atom is 0.124 e. The lowest BCUT2D eigenvalue weighted by Gasteiger charge is -2.09. The fourth-order valence-corrected chi connectivity index (χ4v) is 2.31. The predicted molar refractivity (Wildman–Crippen MR) is 79.4 cm³/mol. The Labute approximate surface area is 121 Å². The number of hydrogen-bond acceptors (Lipinski definition) is 3. The van der Waals surface area contributed by atoms with Gasteiger partial charge in [0.15, 0.2) is 0 Å². The Kier molecular flexibility index (Phi) is 4.99. The molecule has 1 aromatic carbocycles. The first-order valence-electron chi connectivity index (χ1n) is 6.27. The van der Waals surface area contributed by atoms with E-state index in [4.69, 9.17) is 4.74 Å². The van der Waals surface area contributed by atoms with E-state index in [1.54, 1.807) is 7.11 Å². The minimum atomic E-state index is 0.703. The molecule has 0 aliphatic carbocycles. The lowest BCUT2D eigenvalue weighted by molar-refractivity contribution is 0.407. The van der Waals surface area contributed by atoms with Gasteiger partial charge in [-0.15, -0.1) is 0 Å². The molecule has 5 heteroatoms. The van der Waals surface area contributed by atoms with Crippen molar-refractivity contribution in [1.82, 2.24) is 15.1 Å². The summed E-state index contributed by atoms with van der Waals surface area (Å²) in [4.78, 5) is 0.